The third-order valence-corrected chi connectivity index (χ3v) is 8.27. The normalized spacial score (nSPS) is 11.2. The summed E-state index contributed by atoms with van der Waals surface area (Å²) in [6.07, 6.45) is 0.753. The molecule has 1 N–H and O–H groups in total. The molecule has 4 aromatic rings. The lowest BCUT2D eigenvalue weighted by Crippen LogP contribution is -2.32. The first kappa shape index (κ1) is 26.5. The summed E-state index contributed by atoms with van der Waals surface area (Å²) in [4.78, 5) is 13.8. The second-order valence-corrected chi connectivity index (χ2v) is 11.2. The zero-order valence-electron chi connectivity index (χ0n) is 21.0. The molecule has 0 unspecified atom stereocenters. The van der Waals surface area contributed by atoms with E-state index in [9.17, 15) is 13.2 Å². The lowest BCUT2D eigenvalue weighted by Gasteiger charge is -2.27. The molecular formula is C30H29ClN2O3S. The predicted octanol–water partition coefficient (Wildman–Crippen LogP) is 7.17. The number of aryl methyl sites for hydroxylation is 3. The van der Waals surface area contributed by atoms with E-state index in [0.717, 1.165) is 34.4 Å². The predicted molar refractivity (Wildman–Crippen MR) is 151 cm³/mol. The molecule has 0 spiro atoms. The van der Waals surface area contributed by atoms with Gasteiger partial charge in [-0.15, -0.1) is 0 Å². The van der Waals surface area contributed by atoms with Gasteiger partial charge in [-0.25, -0.2) is 8.42 Å². The van der Waals surface area contributed by atoms with Crippen LogP contribution in [0.5, 0.6) is 0 Å². The largest absolute Gasteiger partial charge is 0.321 e. The molecule has 0 fully saturated rings. The van der Waals surface area contributed by atoms with Crippen LogP contribution in [0.15, 0.2) is 95.9 Å². The van der Waals surface area contributed by atoms with Crippen molar-refractivity contribution in [2.45, 2.75) is 38.6 Å². The second kappa shape index (κ2) is 11.2. The highest BCUT2D eigenvalue weighted by Crippen LogP contribution is 2.31. The zero-order valence-corrected chi connectivity index (χ0v) is 22.6. The molecule has 190 valence electrons. The van der Waals surface area contributed by atoms with Gasteiger partial charge in [0, 0.05) is 10.7 Å². The standard InChI is InChI=1S/C30H29ClN2O3S/c1-4-24-9-7-8-22(3)29(24)32-30(34)27-10-5-6-11-28(27)33(20-23-14-16-25(31)17-15-23)37(35,36)26-18-12-21(2)13-19-26/h5-19H,4,20H2,1-3H3,(H,32,34). The Balaban J connectivity index is 1.81. The quantitative estimate of drug-likeness (QED) is 0.261. The van der Waals surface area contributed by atoms with E-state index in [-0.39, 0.29) is 22.9 Å². The van der Waals surface area contributed by atoms with Crippen molar-refractivity contribution >= 4 is 38.9 Å². The Hall–Kier alpha value is -3.61. The van der Waals surface area contributed by atoms with Crippen LogP contribution in [-0.4, -0.2) is 14.3 Å². The van der Waals surface area contributed by atoms with Crippen molar-refractivity contribution < 1.29 is 13.2 Å². The first-order valence-corrected chi connectivity index (χ1v) is 13.8. The number of carbonyl (C=O) groups is 1. The van der Waals surface area contributed by atoms with E-state index in [1.807, 2.05) is 39.0 Å². The fourth-order valence-electron chi connectivity index (χ4n) is 4.16. The molecule has 0 radical (unpaired) electrons. The Morgan fingerprint density at radius 1 is 0.865 bits per heavy atom. The van der Waals surface area contributed by atoms with Crippen LogP contribution < -0.4 is 9.62 Å². The van der Waals surface area contributed by atoms with Gasteiger partial charge < -0.3 is 5.32 Å². The number of benzene rings is 4. The highest BCUT2D eigenvalue weighted by molar-refractivity contribution is 7.92. The summed E-state index contributed by atoms with van der Waals surface area (Å²) in [5, 5.41) is 3.59. The molecule has 5 nitrogen and oxygen atoms in total. The molecule has 0 heterocycles. The van der Waals surface area contributed by atoms with E-state index in [1.54, 1.807) is 72.8 Å². The van der Waals surface area contributed by atoms with Crippen LogP contribution in [0.25, 0.3) is 0 Å². The molecule has 0 atom stereocenters. The number of para-hydroxylation sites is 2. The number of halogens is 1. The molecule has 0 bridgehead atoms. The molecule has 7 heteroatoms. The van der Waals surface area contributed by atoms with Crippen LogP contribution in [0.1, 0.15) is 39.5 Å². The summed E-state index contributed by atoms with van der Waals surface area (Å²) >= 11 is 6.06. The zero-order chi connectivity index (χ0) is 26.6. The van der Waals surface area contributed by atoms with E-state index in [0.29, 0.717) is 10.7 Å². The molecule has 0 aliphatic rings. The monoisotopic (exact) mass is 532 g/mol. The van der Waals surface area contributed by atoms with Crippen molar-refractivity contribution in [1.82, 2.24) is 0 Å². The van der Waals surface area contributed by atoms with Gasteiger partial charge in [0.15, 0.2) is 0 Å². The number of rotatable bonds is 8. The molecule has 0 aliphatic carbocycles. The summed E-state index contributed by atoms with van der Waals surface area (Å²) in [5.41, 5.74) is 4.94. The summed E-state index contributed by atoms with van der Waals surface area (Å²) in [6.45, 7) is 5.90. The highest BCUT2D eigenvalue weighted by atomic mass is 35.5. The molecule has 0 aromatic heterocycles. The lowest BCUT2D eigenvalue weighted by molar-refractivity contribution is 0.102. The van der Waals surface area contributed by atoms with Crippen LogP contribution in [0.4, 0.5) is 11.4 Å². The Morgan fingerprint density at radius 2 is 1.54 bits per heavy atom. The lowest BCUT2D eigenvalue weighted by atomic mass is 10.0. The summed E-state index contributed by atoms with van der Waals surface area (Å²) in [6, 6.07) is 26.3. The highest BCUT2D eigenvalue weighted by Gasteiger charge is 2.29. The van der Waals surface area contributed by atoms with Crippen molar-refractivity contribution in [3.63, 3.8) is 0 Å². The molecule has 4 aromatic carbocycles. The second-order valence-electron chi connectivity index (χ2n) is 8.89. The van der Waals surface area contributed by atoms with E-state index in [4.69, 9.17) is 11.6 Å². The number of hydrogen-bond acceptors (Lipinski definition) is 3. The van der Waals surface area contributed by atoms with Crippen molar-refractivity contribution in [2.24, 2.45) is 0 Å². The van der Waals surface area contributed by atoms with Crippen molar-refractivity contribution in [3.8, 4) is 0 Å². The Morgan fingerprint density at radius 3 is 2.22 bits per heavy atom. The first-order chi connectivity index (χ1) is 17.7. The smallest absolute Gasteiger partial charge is 0.264 e. The third-order valence-electron chi connectivity index (χ3n) is 6.24. The van der Waals surface area contributed by atoms with Crippen LogP contribution in [0.2, 0.25) is 5.02 Å². The maximum absolute atomic E-state index is 14.0. The minimum atomic E-state index is -4.01. The number of nitrogens with one attached hydrogen (secondary N) is 1. The van der Waals surface area contributed by atoms with Gasteiger partial charge in [0.2, 0.25) is 0 Å². The van der Waals surface area contributed by atoms with E-state index in [1.165, 1.54) is 4.31 Å². The fraction of sp³-hybridized carbons (Fsp3) is 0.167. The first-order valence-electron chi connectivity index (χ1n) is 12.0. The Labute approximate surface area is 223 Å². The average Bonchev–Trinajstić information content (AvgIpc) is 2.89. The van der Waals surface area contributed by atoms with Crippen molar-refractivity contribution in [1.29, 1.82) is 0 Å². The maximum atomic E-state index is 14.0. The average molecular weight is 533 g/mol. The summed E-state index contributed by atoms with van der Waals surface area (Å²) < 4.78 is 29.2. The summed E-state index contributed by atoms with van der Waals surface area (Å²) in [5.74, 6) is -0.375. The molecule has 37 heavy (non-hydrogen) atoms. The van der Waals surface area contributed by atoms with Gasteiger partial charge in [-0.3, -0.25) is 9.10 Å². The molecule has 4 rings (SSSR count). The van der Waals surface area contributed by atoms with Gasteiger partial charge in [-0.1, -0.05) is 78.7 Å². The summed E-state index contributed by atoms with van der Waals surface area (Å²) in [7, 11) is -4.01. The molecule has 0 aliphatic heterocycles. The van der Waals surface area contributed by atoms with Crippen LogP contribution >= 0.6 is 11.6 Å². The number of hydrogen-bond donors (Lipinski definition) is 1. The fourth-order valence-corrected chi connectivity index (χ4v) is 5.76. The maximum Gasteiger partial charge on any atom is 0.264 e. The van der Waals surface area contributed by atoms with Gasteiger partial charge in [0.1, 0.15) is 0 Å². The van der Waals surface area contributed by atoms with Gasteiger partial charge in [-0.05, 0) is 73.4 Å². The molecule has 0 saturated heterocycles. The minimum absolute atomic E-state index is 0.0300. The number of sulfonamides is 1. The van der Waals surface area contributed by atoms with E-state index in [2.05, 4.69) is 5.32 Å². The SMILES string of the molecule is CCc1cccc(C)c1NC(=O)c1ccccc1N(Cc1ccc(Cl)cc1)S(=O)(=O)c1ccc(C)cc1. The molecule has 1 amide bonds. The Kier molecular flexibility index (Phi) is 8.00. The van der Waals surface area contributed by atoms with Crippen LogP contribution in [0, 0.1) is 13.8 Å². The van der Waals surface area contributed by atoms with E-state index < -0.39 is 10.0 Å². The van der Waals surface area contributed by atoms with E-state index >= 15 is 0 Å². The van der Waals surface area contributed by atoms with Crippen LogP contribution in [0.3, 0.4) is 0 Å². The molecule has 0 saturated carbocycles. The minimum Gasteiger partial charge on any atom is -0.321 e. The van der Waals surface area contributed by atoms with Gasteiger partial charge in [-0.2, -0.15) is 0 Å². The third kappa shape index (κ3) is 5.87. The van der Waals surface area contributed by atoms with Crippen molar-refractivity contribution in [3.05, 3.63) is 124 Å². The Bertz CT molecular complexity index is 1520. The van der Waals surface area contributed by atoms with Gasteiger partial charge in [0.05, 0.1) is 22.7 Å². The van der Waals surface area contributed by atoms with Crippen LogP contribution in [-0.2, 0) is 23.0 Å². The van der Waals surface area contributed by atoms with Gasteiger partial charge in [0.25, 0.3) is 15.9 Å². The number of anilines is 2. The van der Waals surface area contributed by atoms with Gasteiger partial charge >= 0.3 is 0 Å². The number of carbonyl (C=O) groups excluding carboxylic acids is 1. The molecular weight excluding hydrogens is 504 g/mol. The number of nitrogens with zero attached hydrogens (tertiary/aromatic N) is 1. The van der Waals surface area contributed by atoms with Crippen molar-refractivity contribution in [2.75, 3.05) is 9.62 Å². The number of amides is 1. The topological polar surface area (TPSA) is 66.5 Å².